The van der Waals surface area contributed by atoms with Crippen LogP contribution in [0.25, 0.3) is 0 Å². The van der Waals surface area contributed by atoms with Crippen LogP contribution in [0.2, 0.25) is 0 Å². The summed E-state index contributed by atoms with van der Waals surface area (Å²) in [6.45, 7) is 3.75. The molecule has 1 aliphatic heterocycles. The number of benzene rings is 2. The molecule has 2 atom stereocenters. The second-order valence-electron chi connectivity index (χ2n) is 6.12. The Labute approximate surface area is 136 Å². The molecule has 0 aromatic heterocycles. The predicted octanol–water partition coefficient (Wildman–Crippen LogP) is 2.48. The summed E-state index contributed by atoms with van der Waals surface area (Å²) in [5, 5.41) is 3.57. The highest BCUT2D eigenvalue weighted by Crippen LogP contribution is 2.26. The van der Waals surface area contributed by atoms with Gasteiger partial charge in [-0.2, -0.15) is 0 Å². The van der Waals surface area contributed by atoms with Crippen LogP contribution in [0.3, 0.4) is 0 Å². The molecule has 2 aromatic rings. The van der Waals surface area contributed by atoms with Crippen molar-refractivity contribution < 1.29 is 9.53 Å². The van der Waals surface area contributed by atoms with Crippen LogP contribution in [-0.4, -0.2) is 25.1 Å². The summed E-state index contributed by atoms with van der Waals surface area (Å²) in [4.78, 5) is 11.3. The lowest BCUT2D eigenvalue weighted by atomic mass is 9.98. The predicted molar refractivity (Wildman–Crippen MR) is 90.8 cm³/mol. The van der Waals surface area contributed by atoms with Crippen LogP contribution in [0.1, 0.15) is 34.3 Å². The summed E-state index contributed by atoms with van der Waals surface area (Å²) < 4.78 is 5.79. The van der Waals surface area contributed by atoms with Crippen LogP contribution in [0.15, 0.2) is 48.5 Å². The molecule has 0 spiro atoms. The van der Waals surface area contributed by atoms with Gasteiger partial charge in [0.25, 0.3) is 0 Å². The van der Waals surface area contributed by atoms with E-state index < -0.39 is 5.91 Å². The molecule has 0 bridgehead atoms. The van der Waals surface area contributed by atoms with Crippen LogP contribution in [0.5, 0.6) is 5.75 Å². The first kappa shape index (κ1) is 15.6. The number of primary amides is 1. The van der Waals surface area contributed by atoms with Crippen molar-refractivity contribution in [1.29, 1.82) is 0 Å². The first-order valence-electron chi connectivity index (χ1n) is 7.97. The fourth-order valence-corrected chi connectivity index (χ4v) is 2.92. The molecule has 3 rings (SSSR count). The Bertz CT molecular complexity index is 685. The quantitative estimate of drug-likeness (QED) is 0.892. The Kier molecular flexibility index (Phi) is 4.63. The van der Waals surface area contributed by atoms with E-state index in [2.05, 4.69) is 36.5 Å². The van der Waals surface area contributed by atoms with Gasteiger partial charge in [-0.1, -0.05) is 37.3 Å². The fraction of sp³-hybridized carbons (Fsp3) is 0.316. The number of fused-ring (bicyclic) bond motifs is 1. The molecule has 1 aliphatic rings. The van der Waals surface area contributed by atoms with Crippen LogP contribution in [0.4, 0.5) is 0 Å². The highest BCUT2D eigenvalue weighted by Gasteiger charge is 2.21. The van der Waals surface area contributed by atoms with E-state index in [0.717, 1.165) is 24.3 Å². The second kappa shape index (κ2) is 6.84. The molecule has 2 aromatic carbocycles. The standard InChI is InChI=1S/C19H22N2O2/c1-13(14-5-3-2-4-6-14)11-21-17-10-16-9-15(19(20)22)7-8-18(16)23-12-17/h2-9,13,17,21H,10-12H2,1H3,(H2,20,22)/t13?,17-/m0/s1. The summed E-state index contributed by atoms with van der Waals surface area (Å²) in [7, 11) is 0. The van der Waals surface area contributed by atoms with E-state index in [0.29, 0.717) is 18.1 Å². The maximum atomic E-state index is 11.3. The number of carbonyl (C=O) groups is 1. The second-order valence-corrected chi connectivity index (χ2v) is 6.12. The van der Waals surface area contributed by atoms with E-state index in [9.17, 15) is 4.79 Å². The summed E-state index contributed by atoms with van der Waals surface area (Å²) in [6, 6.07) is 16.1. The molecule has 120 valence electrons. The molecule has 0 radical (unpaired) electrons. The molecule has 0 saturated carbocycles. The van der Waals surface area contributed by atoms with E-state index in [-0.39, 0.29) is 6.04 Å². The number of carbonyl (C=O) groups excluding carboxylic acids is 1. The minimum atomic E-state index is -0.402. The first-order chi connectivity index (χ1) is 11.1. The van der Waals surface area contributed by atoms with Gasteiger partial charge in [0, 0.05) is 18.2 Å². The lowest BCUT2D eigenvalue weighted by molar-refractivity contribution is 0.1000. The van der Waals surface area contributed by atoms with Crippen molar-refractivity contribution in [2.24, 2.45) is 5.73 Å². The van der Waals surface area contributed by atoms with Gasteiger partial charge in [0.1, 0.15) is 12.4 Å². The summed E-state index contributed by atoms with van der Waals surface area (Å²) >= 11 is 0. The van der Waals surface area contributed by atoms with E-state index >= 15 is 0 Å². The SMILES string of the molecule is CC(CN[C@@H]1COc2ccc(C(N)=O)cc2C1)c1ccccc1. The zero-order valence-electron chi connectivity index (χ0n) is 13.3. The van der Waals surface area contributed by atoms with Crippen molar-refractivity contribution in [3.8, 4) is 5.75 Å². The number of hydrogen-bond acceptors (Lipinski definition) is 3. The molecule has 0 aliphatic carbocycles. The summed E-state index contributed by atoms with van der Waals surface area (Å²) in [6.07, 6.45) is 0.845. The average molecular weight is 310 g/mol. The lowest BCUT2D eigenvalue weighted by Gasteiger charge is -2.27. The Morgan fingerprint density at radius 3 is 2.83 bits per heavy atom. The van der Waals surface area contributed by atoms with Crippen molar-refractivity contribution >= 4 is 5.91 Å². The molecule has 0 fully saturated rings. The smallest absolute Gasteiger partial charge is 0.248 e. The average Bonchev–Trinajstić information content (AvgIpc) is 2.59. The number of ether oxygens (including phenoxy) is 1. The van der Waals surface area contributed by atoms with Crippen LogP contribution < -0.4 is 15.8 Å². The number of amides is 1. The largest absolute Gasteiger partial charge is 0.492 e. The normalized spacial score (nSPS) is 17.9. The molecule has 3 N–H and O–H groups in total. The molecule has 23 heavy (non-hydrogen) atoms. The van der Waals surface area contributed by atoms with Crippen LogP contribution >= 0.6 is 0 Å². The van der Waals surface area contributed by atoms with Gasteiger partial charge in [-0.3, -0.25) is 4.79 Å². The molecular weight excluding hydrogens is 288 g/mol. The molecule has 1 unspecified atom stereocenters. The molecular formula is C19H22N2O2. The Morgan fingerprint density at radius 2 is 2.09 bits per heavy atom. The molecule has 4 heteroatoms. The maximum Gasteiger partial charge on any atom is 0.248 e. The third kappa shape index (κ3) is 3.71. The fourth-order valence-electron chi connectivity index (χ4n) is 2.92. The monoisotopic (exact) mass is 310 g/mol. The third-order valence-corrected chi connectivity index (χ3v) is 4.33. The molecule has 1 heterocycles. The van der Waals surface area contributed by atoms with Gasteiger partial charge in [-0.05, 0) is 41.7 Å². The van der Waals surface area contributed by atoms with Crippen LogP contribution in [0, 0.1) is 0 Å². The van der Waals surface area contributed by atoms with E-state index in [1.165, 1.54) is 5.56 Å². The molecule has 4 nitrogen and oxygen atoms in total. The van der Waals surface area contributed by atoms with Gasteiger partial charge in [0.2, 0.25) is 5.91 Å². The minimum Gasteiger partial charge on any atom is -0.492 e. The van der Waals surface area contributed by atoms with Gasteiger partial charge in [0.15, 0.2) is 0 Å². The van der Waals surface area contributed by atoms with Crippen molar-refractivity contribution in [2.75, 3.05) is 13.2 Å². The van der Waals surface area contributed by atoms with E-state index in [4.69, 9.17) is 10.5 Å². The highest BCUT2D eigenvalue weighted by molar-refractivity contribution is 5.93. The van der Waals surface area contributed by atoms with E-state index in [1.807, 2.05) is 18.2 Å². The zero-order valence-corrected chi connectivity index (χ0v) is 13.3. The maximum absolute atomic E-state index is 11.3. The van der Waals surface area contributed by atoms with Crippen molar-refractivity contribution in [3.63, 3.8) is 0 Å². The number of rotatable bonds is 5. The van der Waals surface area contributed by atoms with Crippen molar-refractivity contribution in [1.82, 2.24) is 5.32 Å². The van der Waals surface area contributed by atoms with Gasteiger partial charge in [-0.15, -0.1) is 0 Å². The molecule has 0 saturated heterocycles. The summed E-state index contributed by atoms with van der Waals surface area (Å²) in [5.74, 6) is 0.888. The first-order valence-corrected chi connectivity index (χ1v) is 7.97. The number of nitrogens with two attached hydrogens (primary N) is 1. The number of nitrogens with one attached hydrogen (secondary N) is 1. The van der Waals surface area contributed by atoms with Crippen molar-refractivity contribution in [2.45, 2.75) is 25.3 Å². The van der Waals surface area contributed by atoms with Gasteiger partial charge in [0.05, 0.1) is 0 Å². The van der Waals surface area contributed by atoms with Gasteiger partial charge < -0.3 is 15.8 Å². The highest BCUT2D eigenvalue weighted by atomic mass is 16.5. The minimum absolute atomic E-state index is 0.247. The van der Waals surface area contributed by atoms with Gasteiger partial charge in [-0.25, -0.2) is 0 Å². The summed E-state index contributed by atoms with van der Waals surface area (Å²) in [5.41, 5.74) is 8.25. The topological polar surface area (TPSA) is 64.3 Å². The van der Waals surface area contributed by atoms with Crippen LogP contribution in [-0.2, 0) is 6.42 Å². The number of hydrogen-bond donors (Lipinski definition) is 2. The zero-order chi connectivity index (χ0) is 16.2. The lowest BCUT2D eigenvalue weighted by Crippen LogP contribution is -2.41. The van der Waals surface area contributed by atoms with E-state index in [1.54, 1.807) is 6.07 Å². The Hall–Kier alpha value is -2.33. The molecule has 1 amide bonds. The Balaban J connectivity index is 1.61. The third-order valence-electron chi connectivity index (χ3n) is 4.33. The van der Waals surface area contributed by atoms with Crippen molar-refractivity contribution in [3.05, 3.63) is 65.2 Å². The Morgan fingerprint density at radius 1 is 1.30 bits per heavy atom. The van der Waals surface area contributed by atoms with Gasteiger partial charge >= 0.3 is 0 Å².